The lowest BCUT2D eigenvalue weighted by Gasteiger charge is -1.96. The van der Waals surface area contributed by atoms with Crippen molar-refractivity contribution in [3.05, 3.63) is 46.9 Å². The Kier molecular flexibility index (Phi) is 2.92. The van der Waals surface area contributed by atoms with Gasteiger partial charge in [0.1, 0.15) is 5.82 Å². The number of aromatic amines is 1. The lowest BCUT2D eigenvalue weighted by Crippen LogP contribution is -1.91. The van der Waals surface area contributed by atoms with E-state index in [9.17, 15) is 0 Å². The quantitative estimate of drug-likeness (QED) is 0.837. The van der Waals surface area contributed by atoms with Crippen LogP contribution < -0.4 is 5.32 Å². The first-order chi connectivity index (χ1) is 7.29. The number of rotatable bonds is 3. The third kappa shape index (κ3) is 2.30. The standard InChI is InChI=1S/C11H12ClN3/c1-13-11-10(12)14-9(15-11)7-8-5-3-2-4-6-8/h2-6,13H,7H2,1H3,(H,14,15). The fourth-order valence-electron chi connectivity index (χ4n) is 1.44. The molecule has 0 amide bonds. The molecule has 4 heteroatoms. The molecule has 0 fully saturated rings. The van der Waals surface area contributed by atoms with Gasteiger partial charge < -0.3 is 10.3 Å². The lowest BCUT2D eigenvalue weighted by atomic mass is 10.1. The van der Waals surface area contributed by atoms with Gasteiger partial charge in [-0.25, -0.2) is 4.98 Å². The molecule has 15 heavy (non-hydrogen) atoms. The topological polar surface area (TPSA) is 40.7 Å². The first-order valence-corrected chi connectivity index (χ1v) is 5.13. The van der Waals surface area contributed by atoms with Gasteiger partial charge in [-0.05, 0) is 5.56 Å². The second kappa shape index (κ2) is 4.36. The van der Waals surface area contributed by atoms with E-state index in [1.807, 2.05) is 18.2 Å². The van der Waals surface area contributed by atoms with Gasteiger partial charge in [0.15, 0.2) is 11.0 Å². The highest BCUT2D eigenvalue weighted by Crippen LogP contribution is 2.18. The number of aromatic nitrogens is 2. The number of anilines is 1. The summed E-state index contributed by atoms with van der Waals surface area (Å²) in [6.07, 6.45) is 0.766. The number of H-pyrrole nitrogens is 1. The highest BCUT2D eigenvalue weighted by molar-refractivity contribution is 6.31. The van der Waals surface area contributed by atoms with Crippen molar-refractivity contribution in [3.63, 3.8) is 0 Å². The fourth-order valence-corrected chi connectivity index (χ4v) is 1.68. The van der Waals surface area contributed by atoms with Crippen molar-refractivity contribution in [2.24, 2.45) is 0 Å². The largest absolute Gasteiger partial charge is 0.371 e. The molecule has 2 aromatic rings. The van der Waals surface area contributed by atoms with E-state index >= 15 is 0 Å². The van der Waals surface area contributed by atoms with Crippen molar-refractivity contribution >= 4 is 17.4 Å². The van der Waals surface area contributed by atoms with Gasteiger partial charge in [0.25, 0.3) is 0 Å². The van der Waals surface area contributed by atoms with E-state index in [0.29, 0.717) is 11.0 Å². The Morgan fingerprint density at radius 1 is 1.33 bits per heavy atom. The smallest absolute Gasteiger partial charge is 0.163 e. The van der Waals surface area contributed by atoms with Crippen LogP contribution in [0, 0.1) is 0 Å². The average Bonchev–Trinajstić information content (AvgIpc) is 2.60. The van der Waals surface area contributed by atoms with E-state index in [2.05, 4.69) is 27.4 Å². The molecule has 0 spiro atoms. The molecule has 0 atom stereocenters. The van der Waals surface area contributed by atoms with Crippen LogP contribution in [-0.4, -0.2) is 17.0 Å². The van der Waals surface area contributed by atoms with Crippen molar-refractivity contribution < 1.29 is 0 Å². The van der Waals surface area contributed by atoms with Gasteiger partial charge >= 0.3 is 0 Å². The van der Waals surface area contributed by atoms with Gasteiger partial charge in [0.05, 0.1) is 0 Å². The SMILES string of the molecule is CNc1nc(Cc2ccccc2)[nH]c1Cl. The summed E-state index contributed by atoms with van der Waals surface area (Å²) >= 11 is 5.93. The van der Waals surface area contributed by atoms with Crippen molar-refractivity contribution in [1.82, 2.24) is 9.97 Å². The van der Waals surface area contributed by atoms with Crippen LogP contribution in [0.2, 0.25) is 5.15 Å². The van der Waals surface area contributed by atoms with Crippen LogP contribution in [0.1, 0.15) is 11.4 Å². The van der Waals surface area contributed by atoms with Crippen LogP contribution in [0.5, 0.6) is 0 Å². The summed E-state index contributed by atoms with van der Waals surface area (Å²) in [4.78, 5) is 7.36. The summed E-state index contributed by atoms with van der Waals surface area (Å²) in [5.41, 5.74) is 1.21. The zero-order chi connectivity index (χ0) is 10.7. The zero-order valence-electron chi connectivity index (χ0n) is 8.42. The number of nitrogens with one attached hydrogen (secondary N) is 2. The van der Waals surface area contributed by atoms with E-state index in [1.165, 1.54) is 5.56 Å². The lowest BCUT2D eigenvalue weighted by molar-refractivity contribution is 1.03. The third-order valence-corrected chi connectivity index (χ3v) is 2.43. The predicted molar refractivity (Wildman–Crippen MR) is 62.4 cm³/mol. The summed E-state index contributed by atoms with van der Waals surface area (Å²) in [6.45, 7) is 0. The van der Waals surface area contributed by atoms with Gasteiger partial charge in [-0.15, -0.1) is 0 Å². The Bertz CT molecular complexity index is 436. The van der Waals surface area contributed by atoms with Crippen molar-refractivity contribution in [3.8, 4) is 0 Å². The van der Waals surface area contributed by atoms with E-state index in [0.717, 1.165) is 12.2 Å². The van der Waals surface area contributed by atoms with Gasteiger partial charge in [0.2, 0.25) is 0 Å². The summed E-state index contributed by atoms with van der Waals surface area (Å²) in [5.74, 6) is 1.57. The molecule has 1 aromatic heterocycles. The van der Waals surface area contributed by atoms with E-state index < -0.39 is 0 Å². The first kappa shape index (κ1) is 10.1. The fraction of sp³-hybridized carbons (Fsp3) is 0.182. The molecule has 0 aliphatic carbocycles. The second-order valence-corrected chi connectivity index (χ2v) is 3.64. The van der Waals surface area contributed by atoms with Crippen LogP contribution >= 0.6 is 11.6 Å². The maximum Gasteiger partial charge on any atom is 0.163 e. The molecule has 0 saturated heterocycles. The summed E-state index contributed by atoms with van der Waals surface area (Å²) < 4.78 is 0. The minimum Gasteiger partial charge on any atom is -0.371 e. The molecule has 0 radical (unpaired) electrons. The van der Waals surface area contributed by atoms with Crippen molar-refractivity contribution in [1.29, 1.82) is 0 Å². The highest BCUT2D eigenvalue weighted by Gasteiger charge is 2.06. The van der Waals surface area contributed by atoms with Gasteiger partial charge in [-0.3, -0.25) is 0 Å². The molecule has 78 valence electrons. The van der Waals surface area contributed by atoms with E-state index in [4.69, 9.17) is 11.6 Å². The van der Waals surface area contributed by atoms with Crippen molar-refractivity contribution in [2.75, 3.05) is 12.4 Å². The van der Waals surface area contributed by atoms with Crippen LogP contribution in [0.15, 0.2) is 30.3 Å². The molecule has 0 aliphatic heterocycles. The summed E-state index contributed by atoms with van der Waals surface area (Å²) in [6, 6.07) is 10.2. The first-order valence-electron chi connectivity index (χ1n) is 4.75. The molecular formula is C11H12ClN3. The highest BCUT2D eigenvalue weighted by atomic mass is 35.5. The van der Waals surface area contributed by atoms with Crippen LogP contribution in [0.3, 0.4) is 0 Å². The van der Waals surface area contributed by atoms with Crippen LogP contribution in [0.4, 0.5) is 5.82 Å². The van der Waals surface area contributed by atoms with Crippen LogP contribution in [0.25, 0.3) is 0 Å². The van der Waals surface area contributed by atoms with Crippen LogP contribution in [-0.2, 0) is 6.42 Å². The molecule has 1 heterocycles. The number of hydrogen-bond acceptors (Lipinski definition) is 2. The molecule has 2 N–H and O–H groups in total. The summed E-state index contributed by atoms with van der Waals surface area (Å²) in [5, 5.41) is 3.49. The van der Waals surface area contributed by atoms with Gasteiger partial charge in [-0.1, -0.05) is 41.9 Å². The molecular weight excluding hydrogens is 210 g/mol. The Labute approximate surface area is 93.5 Å². The molecule has 0 unspecified atom stereocenters. The number of halogens is 1. The molecule has 0 bridgehead atoms. The normalized spacial score (nSPS) is 10.3. The molecule has 3 nitrogen and oxygen atoms in total. The maximum atomic E-state index is 5.93. The number of nitrogens with zero attached hydrogens (tertiary/aromatic N) is 1. The minimum absolute atomic E-state index is 0.559. The Balaban J connectivity index is 2.18. The Hall–Kier alpha value is -1.48. The molecule has 0 saturated carbocycles. The average molecular weight is 222 g/mol. The maximum absolute atomic E-state index is 5.93. The zero-order valence-corrected chi connectivity index (χ0v) is 9.17. The Morgan fingerprint density at radius 2 is 2.07 bits per heavy atom. The predicted octanol–water partition coefficient (Wildman–Crippen LogP) is 2.70. The second-order valence-electron chi connectivity index (χ2n) is 3.26. The Morgan fingerprint density at radius 3 is 2.67 bits per heavy atom. The number of imidazole rings is 1. The molecule has 2 rings (SSSR count). The molecule has 1 aromatic carbocycles. The monoisotopic (exact) mass is 221 g/mol. The summed E-state index contributed by atoms with van der Waals surface area (Å²) in [7, 11) is 1.80. The van der Waals surface area contributed by atoms with Gasteiger partial charge in [-0.2, -0.15) is 0 Å². The number of hydrogen-bond donors (Lipinski definition) is 2. The van der Waals surface area contributed by atoms with E-state index in [1.54, 1.807) is 7.05 Å². The third-order valence-electron chi connectivity index (χ3n) is 2.16. The van der Waals surface area contributed by atoms with Crippen molar-refractivity contribution in [2.45, 2.75) is 6.42 Å². The van der Waals surface area contributed by atoms with E-state index in [-0.39, 0.29) is 0 Å². The molecule has 0 aliphatic rings. The van der Waals surface area contributed by atoms with Gasteiger partial charge in [0, 0.05) is 13.5 Å². The minimum atomic E-state index is 0.559. The number of benzene rings is 1.